The highest BCUT2D eigenvalue weighted by Crippen LogP contribution is 2.50. The van der Waals surface area contributed by atoms with Gasteiger partial charge in [0.15, 0.2) is 5.69 Å². The van der Waals surface area contributed by atoms with Crippen molar-refractivity contribution in [1.29, 1.82) is 0 Å². The molecule has 0 spiro atoms. The van der Waals surface area contributed by atoms with Gasteiger partial charge in [-0.15, -0.1) is 0 Å². The standard InChI is InChI=1S/C42H56F4N6O9S/c1-21-16-30-25(22(21)2)10-8-9-13-42(45,46)31-35(48-28-17-23(59-7)11-12-27(28)47-31)60-24-18-29(52(20-24)36(54)32(39(3,4)5)49-38(56)61-30)34(53)50-41(19-26(41)33(43)44)37(55)51-62(57,58)40(6)14-15-40/h11-12,17,21-22,24-26,29-30,32-33H,8-10,13-16,18-20H2,1-7H3,(H,49,56)(H,50,53)(H,51,55)/t21-,22-,24+,25+,26-,29-,30+,32+,41+/m0/s1. The SMILES string of the molecule is COc1ccc2nc3c(nc2c1)O[C@@H]1C[C@@H](C(=O)N[C@]2(C(=O)NS(=O)(=O)C4(C)CC4)C[C@H]2C(F)F)N(C1)C(=O)[C@H](C(C)(C)C)NC(=O)O[C@@H]1C[C@H](C)[C@H](C)[C@H]1CCCCC3(F)F. The smallest absolute Gasteiger partial charge is 0.408 e. The average Bonchev–Trinajstić information content (AvgIpc) is 4.06. The van der Waals surface area contributed by atoms with E-state index in [9.17, 15) is 36.4 Å². The molecule has 3 saturated carbocycles. The minimum atomic E-state index is -4.31. The monoisotopic (exact) mass is 896 g/mol. The van der Waals surface area contributed by atoms with Crippen LogP contribution in [0.4, 0.5) is 22.4 Å². The van der Waals surface area contributed by atoms with Crippen molar-refractivity contribution in [3.05, 3.63) is 23.9 Å². The zero-order chi connectivity index (χ0) is 45.3. The van der Waals surface area contributed by atoms with Crippen LogP contribution in [0.25, 0.3) is 11.0 Å². The topological polar surface area (TPSA) is 195 Å². The highest BCUT2D eigenvalue weighted by Gasteiger charge is 2.67. The summed E-state index contributed by atoms with van der Waals surface area (Å²) in [5, 5.41) is 5.07. The fraction of sp³-hybridized carbons (Fsp3) is 0.714. The summed E-state index contributed by atoms with van der Waals surface area (Å²) in [6.45, 7) is 10.0. The van der Waals surface area contributed by atoms with Gasteiger partial charge in [0, 0.05) is 18.9 Å². The summed E-state index contributed by atoms with van der Waals surface area (Å²) in [6, 6.07) is 1.58. The molecule has 2 bridgehead atoms. The van der Waals surface area contributed by atoms with E-state index in [1.54, 1.807) is 26.8 Å². The van der Waals surface area contributed by atoms with Crippen molar-refractivity contribution in [2.24, 2.45) is 29.1 Å². The van der Waals surface area contributed by atoms with Crippen LogP contribution in [-0.2, 0) is 35.1 Å². The molecule has 5 aliphatic rings. The van der Waals surface area contributed by atoms with Crippen LogP contribution in [0.1, 0.15) is 105 Å². The first-order valence-electron chi connectivity index (χ1n) is 21.2. The summed E-state index contributed by atoms with van der Waals surface area (Å²) in [6.07, 6.45) is -5.48. The number of nitrogens with zero attached hydrogens (tertiary/aromatic N) is 3. The third-order valence-electron chi connectivity index (χ3n) is 13.8. The van der Waals surface area contributed by atoms with Crippen LogP contribution in [0.2, 0.25) is 0 Å². The molecule has 20 heteroatoms. The Morgan fingerprint density at radius 1 is 1.03 bits per heavy atom. The number of hydrogen-bond acceptors (Lipinski definition) is 11. The van der Waals surface area contributed by atoms with Gasteiger partial charge in [-0.25, -0.2) is 32.0 Å². The number of carbonyl (C=O) groups excluding carboxylic acids is 4. The van der Waals surface area contributed by atoms with Crippen LogP contribution in [0.3, 0.4) is 0 Å². The Morgan fingerprint density at radius 3 is 2.37 bits per heavy atom. The molecule has 2 aliphatic heterocycles. The number of fused-ring (bicyclic) bond motifs is 5. The quantitative estimate of drug-likeness (QED) is 0.293. The molecule has 9 atom stereocenters. The number of benzene rings is 1. The van der Waals surface area contributed by atoms with Crippen molar-refractivity contribution in [1.82, 2.24) is 30.2 Å². The van der Waals surface area contributed by atoms with E-state index in [4.69, 9.17) is 14.2 Å². The number of halogens is 4. The summed E-state index contributed by atoms with van der Waals surface area (Å²) in [7, 11) is -2.89. The Hall–Kier alpha value is -4.49. The zero-order valence-electron chi connectivity index (χ0n) is 35.9. The number of amides is 4. The molecule has 2 aromatic rings. The number of sulfonamides is 1. The van der Waals surface area contributed by atoms with Crippen molar-refractivity contribution in [3.8, 4) is 11.6 Å². The molecular formula is C42H56F4N6O9S. The zero-order valence-corrected chi connectivity index (χ0v) is 36.8. The minimum Gasteiger partial charge on any atom is -0.497 e. The summed E-state index contributed by atoms with van der Waals surface area (Å²) in [5.41, 5.74) is -3.84. The largest absolute Gasteiger partial charge is 0.497 e. The summed E-state index contributed by atoms with van der Waals surface area (Å²) < 4.78 is 106. The molecule has 4 amide bonds. The molecule has 3 heterocycles. The van der Waals surface area contributed by atoms with Gasteiger partial charge >= 0.3 is 6.09 Å². The predicted molar refractivity (Wildman–Crippen MR) is 216 cm³/mol. The number of alkyl halides is 4. The van der Waals surface area contributed by atoms with Gasteiger partial charge in [0.05, 0.1) is 35.4 Å². The second-order valence-corrected chi connectivity index (χ2v) is 21.5. The molecule has 1 saturated heterocycles. The van der Waals surface area contributed by atoms with E-state index in [-0.39, 0.29) is 48.0 Å². The van der Waals surface area contributed by atoms with Crippen LogP contribution in [0, 0.1) is 29.1 Å². The molecule has 0 radical (unpaired) electrons. The van der Waals surface area contributed by atoms with Crippen molar-refractivity contribution in [2.45, 2.75) is 146 Å². The van der Waals surface area contributed by atoms with Crippen LogP contribution >= 0.6 is 0 Å². The Labute approximate surface area is 358 Å². The molecule has 1 aromatic heterocycles. The van der Waals surface area contributed by atoms with Crippen molar-refractivity contribution in [3.63, 3.8) is 0 Å². The molecule has 342 valence electrons. The van der Waals surface area contributed by atoms with Gasteiger partial charge in [-0.05, 0) is 80.8 Å². The Balaban J connectivity index is 1.28. The number of methoxy groups -OCH3 is 1. The fourth-order valence-electron chi connectivity index (χ4n) is 9.19. The molecule has 3 aliphatic carbocycles. The normalized spacial score (nSPS) is 32.3. The van der Waals surface area contributed by atoms with Crippen molar-refractivity contribution >= 4 is 44.9 Å². The lowest BCUT2D eigenvalue weighted by Crippen LogP contribution is -2.60. The average molecular weight is 897 g/mol. The van der Waals surface area contributed by atoms with Gasteiger partial charge < -0.3 is 29.7 Å². The van der Waals surface area contributed by atoms with Gasteiger partial charge in [-0.1, -0.05) is 41.0 Å². The van der Waals surface area contributed by atoms with Gasteiger partial charge in [0.2, 0.25) is 34.1 Å². The Bertz CT molecular complexity index is 2220. The summed E-state index contributed by atoms with van der Waals surface area (Å²) >= 11 is 0. The summed E-state index contributed by atoms with van der Waals surface area (Å²) in [4.78, 5) is 66.4. The third-order valence-corrected chi connectivity index (χ3v) is 15.9. The molecular weight excluding hydrogens is 841 g/mol. The van der Waals surface area contributed by atoms with Crippen molar-refractivity contribution < 1.29 is 59.4 Å². The number of carbonyl (C=O) groups is 4. The van der Waals surface area contributed by atoms with E-state index in [0.29, 0.717) is 25.0 Å². The highest BCUT2D eigenvalue weighted by atomic mass is 32.2. The minimum absolute atomic E-state index is 0.0841. The highest BCUT2D eigenvalue weighted by molar-refractivity contribution is 7.91. The number of aromatic nitrogens is 2. The van der Waals surface area contributed by atoms with E-state index in [0.717, 1.165) is 4.90 Å². The Morgan fingerprint density at radius 2 is 1.74 bits per heavy atom. The number of rotatable bonds is 7. The summed E-state index contributed by atoms with van der Waals surface area (Å²) in [5.74, 6) is -8.68. The van der Waals surface area contributed by atoms with Gasteiger partial charge in [-0.2, -0.15) is 8.78 Å². The molecule has 15 nitrogen and oxygen atoms in total. The van der Waals surface area contributed by atoms with E-state index in [1.165, 1.54) is 26.2 Å². The first-order chi connectivity index (χ1) is 28.9. The predicted octanol–water partition coefficient (Wildman–Crippen LogP) is 5.59. The fourth-order valence-corrected chi connectivity index (χ4v) is 10.5. The lowest BCUT2D eigenvalue weighted by molar-refractivity contribution is -0.143. The van der Waals surface area contributed by atoms with Crippen LogP contribution in [0.5, 0.6) is 11.6 Å². The lowest BCUT2D eigenvalue weighted by atomic mass is 9.85. The van der Waals surface area contributed by atoms with Gasteiger partial charge in [0.25, 0.3) is 11.8 Å². The van der Waals surface area contributed by atoms with E-state index in [2.05, 4.69) is 20.6 Å². The van der Waals surface area contributed by atoms with Gasteiger partial charge in [-0.3, -0.25) is 19.1 Å². The second kappa shape index (κ2) is 16.3. The van der Waals surface area contributed by atoms with E-state index in [1.807, 2.05) is 18.6 Å². The molecule has 62 heavy (non-hydrogen) atoms. The molecule has 1 aromatic carbocycles. The maximum absolute atomic E-state index is 16.5. The van der Waals surface area contributed by atoms with E-state index < -0.39 is 129 Å². The Kier molecular flexibility index (Phi) is 11.9. The first-order valence-corrected chi connectivity index (χ1v) is 22.7. The number of nitrogens with one attached hydrogen (secondary N) is 3. The molecule has 3 N–H and O–H groups in total. The number of hydrogen-bond donors (Lipinski definition) is 3. The maximum atomic E-state index is 16.5. The maximum Gasteiger partial charge on any atom is 0.408 e. The third kappa shape index (κ3) is 8.72. The molecule has 7 rings (SSSR count). The van der Waals surface area contributed by atoms with E-state index >= 15 is 8.78 Å². The lowest BCUT2D eigenvalue weighted by Gasteiger charge is -2.36. The molecule has 4 fully saturated rings. The van der Waals surface area contributed by atoms with Crippen molar-refractivity contribution in [2.75, 3.05) is 13.7 Å². The molecule has 0 unspecified atom stereocenters. The van der Waals surface area contributed by atoms with Crippen LogP contribution < -0.4 is 24.8 Å². The van der Waals surface area contributed by atoms with Crippen LogP contribution in [-0.4, -0.2) is 102 Å². The number of alkyl carbamates (subject to hydrolysis) is 1. The first kappa shape index (κ1) is 45.5. The number of ether oxygens (including phenoxy) is 3. The van der Waals surface area contributed by atoms with Crippen LogP contribution in [0.15, 0.2) is 18.2 Å². The second-order valence-electron chi connectivity index (χ2n) is 19.3. The van der Waals surface area contributed by atoms with Gasteiger partial charge in [0.1, 0.15) is 35.6 Å².